The van der Waals surface area contributed by atoms with Crippen molar-refractivity contribution < 1.29 is 32.4 Å². The second-order valence-electron chi connectivity index (χ2n) is 3.79. The number of urea groups is 1. The van der Waals surface area contributed by atoms with Crippen LogP contribution in [0.4, 0.5) is 4.79 Å². The number of aliphatic hydroxyl groups is 3. The van der Waals surface area contributed by atoms with E-state index in [0.717, 1.165) is 4.90 Å². The summed E-state index contributed by atoms with van der Waals surface area (Å²) in [5.74, 6) is -1.07. The van der Waals surface area contributed by atoms with Gasteiger partial charge in [-0.25, -0.2) is 4.79 Å². The SMILES string of the molecule is [2H]C1([2H])CN([C@@H]2O[C@H](CO)[C@@H](O)[C@H]2O)C(=O)NC1=O. The van der Waals surface area contributed by atoms with E-state index in [0.29, 0.717) is 0 Å². The summed E-state index contributed by atoms with van der Waals surface area (Å²) in [6.07, 6.45) is -7.61. The van der Waals surface area contributed by atoms with Crippen molar-refractivity contribution >= 4 is 11.9 Å². The molecule has 8 heteroatoms. The first-order valence-corrected chi connectivity index (χ1v) is 5.02. The van der Waals surface area contributed by atoms with Gasteiger partial charge in [-0.1, -0.05) is 0 Å². The Morgan fingerprint density at radius 2 is 2.18 bits per heavy atom. The molecule has 4 atom stereocenters. The fourth-order valence-electron chi connectivity index (χ4n) is 1.78. The Labute approximate surface area is 99.6 Å². The molecule has 0 aromatic rings. The molecular formula is C9H14N2O6. The number of imide groups is 1. The van der Waals surface area contributed by atoms with Gasteiger partial charge in [-0.3, -0.25) is 15.0 Å². The quantitative estimate of drug-likeness (QED) is 0.424. The van der Waals surface area contributed by atoms with Gasteiger partial charge in [-0.05, 0) is 0 Å². The number of hydrogen-bond donors (Lipinski definition) is 4. The largest absolute Gasteiger partial charge is 0.394 e. The highest BCUT2D eigenvalue weighted by atomic mass is 16.6. The lowest BCUT2D eigenvalue weighted by Gasteiger charge is -2.32. The molecule has 4 N–H and O–H groups in total. The molecule has 2 rings (SSSR count). The van der Waals surface area contributed by atoms with Crippen molar-refractivity contribution in [3.05, 3.63) is 0 Å². The molecule has 0 spiro atoms. The Morgan fingerprint density at radius 1 is 1.47 bits per heavy atom. The molecule has 17 heavy (non-hydrogen) atoms. The molecule has 2 heterocycles. The monoisotopic (exact) mass is 248 g/mol. The molecule has 0 unspecified atom stereocenters. The van der Waals surface area contributed by atoms with Gasteiger partial charge >= 0.3 is 6.03 Å². The van der Waals surface area contributed by atoms with Crippen LogP contribution in [0.2, 0.25) is 0 Å². The molecule has 0 saturated carbocycles. The maximum atomic E-state index is 11.6. The maximum absolute atomic E-state index is 11.6. The number of aliphatic hydroxyl groups excluding tert-OH is 3. The molecule has 2 aliphatic heterocycles. The van der Waals surface area contributed by atoms with Crippen molar-refractivity contribution in [1.82, 2.24) is 10.2 Å². The normalized spacial score (nSPS) is 43.1. The Bertz CT molecular complexity index is 406. The minimum Gasteiger partial charge on any atom is -0.394 e. The third kappa shape index (κ3) is 2.12. The van der Waals surface area contributed by atoms with Gasteiger partial charge in [0.2, 0.25) is 5.91 Å². The van der Waals surface area contributed by atoms with Gasteiger partial charge in [0.1, 0.15) is 18.3 Å². The van der Waals surface area contributed by atoms with E-state index in [1.807, 2.05) is 0 Å². The lowest BCUT2D eigenvalue weighted by atomic mass is 10.1. The van der Waals surface area contributed by atoms with Crippen LogP contribution in [0.3, 0.4) is 0 Å². The van der Waals surface area contributed by atoms with Gasteiger partial charge in [0.15, 0.2) is 6.23 Å². The van der Waals surface area contributed by atoms with Crippen LogP contribution in [-0.2, 0) is 9.53 Å². The van der Waals surface area contributed by atoms with Gasteiger partial charge in [0, 0.05) is 15.7 Å². The van der Waals surface area contributed by atoms with Crippen LogP contribution in [0.25, 0.3) is 0 Å². The molecule has 0 aromatic heterocycles. The summed E-state index contributed by atoms with van der Waals surface area (Å²) < 4.78 is 20.0. The van der Waals surface area contributed by atoms with Crippen molar-refractivity contribution in [2.24, 2.45) is 0 Å². The number of ether oxygens (including phenoxy) is 1. The first-order valence-electron chi connectivity index (χ1n) is 6.02. The predicted molar refractivity (Wildman–Crippen MR) is 52.6 cm³/mol. The summed E-state index contributed by atoms with van der Waals surface area (Å²) in [6.45, 7) is -1.17. The van der Waals surface area contributed by atoms with Crippen molar-refractivity contribution in [1.29, 1.82) is 0 Å². The van der Waals surface area contributed by atoms with Crippen LogP contribution in [-0.4, -0.2) is 69.8 Å². The van der Waals surface area contributed by atoms with Crippen LogP contribution in [0.1, 0.15) is 9.11 Å². The summed E-state index contributed by atoms with van der Waals surface area (Å²) in [4.78, 5) is 23.6. The minimum atomic E-state index is -2.32. The highest BCUT2D eigenvalue weighted by molar-refractivity contribution is 5.96. The summed E-state index contributed by atoms with van der Waals surface area (Å²) >= 11 is 0. The first kappa shape index (κ1) is 9.77. The Hall–Kier alpha value is -1.22. The lowest BCUT2D eigenvalue weighted by molar-refractivity contribution is -0.125. The fourth-order valence-corrected chi connectivity index (χ4v) is 1.78. The fraction of sp³-hybridized carbons (Fsp3) is 0.778. The average Bonchev–Trinajstić information content (AvgIpc) is 2.61. The van der Waals surface area contributed by atoms with Gasteiger partial charge in [-0.15, -0.1) is 0 Å². The molecule has 2 saturated heterocycles. The van der Waals surface area contributed by atoms with Gasteiger partial charge in [0.25, 0.3) is 0 Å². The van der Waals surface area contributed by atoms with E-state index in [2.05, 4.69) is 0 Å². The third-order valence-corrected chi connectivity index (χ3v) is 2.72. The van der Waals surface area contributed by atoms with E-state index < -0.39 is 56.0 Å². The topological polar surface area (TPSA) is 119 Å². The van der Waals surface area contributed by atoms with E-state index in [1.54, 1.807) is 5.32 Å². The van der Waals surface area contributed by atoms with Gasteiger partial charge < -0.3 is 20.1 Å². The van der Waals surface area contributed by atoms with E-state index >= 15 is 0 Å². The molecule has 2 fully saturated rings. The highest BCUT2D eigenvalue weighted by Gasteiger charge is 2.47. The van der Waals surface area contributed by atoms with Gasteiger partial charge in [-0.2, -0.15) is 0 Å². The predicted octanol–water partition coefficient (Wildman–Crippen LogP) is -2.63. The second-order valence-corrected chi connectivity index (χ2v) is 3.79. The number of nitrogens with one attached hydrogen (secondary N) is 1. The zero-order valence-corrected chi connectivity index (χ0v) is 8.74. The zero-order valence-electron chi connectivity index (χ0n) is 10.7. The van der Waals surface area contributed by atoms with Gasteiger partial charge in [0.05, 0.1) is 6.61 Å². The zero-order chi connectivity index (χ0) is 14.4. The number of amides is 3. The molecule has 0 radical (unpaired) electrons. The van der Waals surface area contributed by atoms with E-state index in [-0.39, 0.29) is 0 Å². The van der Waals surface area contributed by atoms with Crippen molar-refractivity contribution in [2.75, 3.05) is 13.2 Å². The number of hydrogen-bond acceptors (Lipinski definition) is 6. The molecule has 2 aliphatic rings. The average molecular weight is 248 g/mol. The summed E-state index contributed by atoms with van der Waals surface area (Å²) in [6, 6.07) is -0.921. The summed E-state index contributed by atoms with van der Waals surface area (Å²) in [7, 11) is 0. The first-order chi connectivity index (χ1) is 8.77. The smallest absolute Gasteiger partial charge is 0.326 e. The van der Waals surface area contributed by atoms with Crippen LogP contribution in [0.15, 0.2) is 0 Å². The molecule has 0 aromatic carbocycles. The molecule has 0 bridgehead atoms. The number of nitrogens with zero attached hydrogens (tertiary/aromatic N) is 1. The van der Waals surface area contributed by atoms with Crippen LogP contribution < -0.4 is 5.32 Å². The molecular weight excluding hydrogens is 232 g/mol. The van der Waals surface area contributed by atoms with Crippen LogP contribution in [0, 0.1) is 0 Å². The minimum absolute atomic E-state index is 0.560. The number of rotatable bonds is 2. The van der Waals surface area contributed by atoms with Crippen LogP contribution >= 0.6 is 0 Å². The Kier molecular flexibility index (Phi) is 2.63. The summed E-state index contributed by atoms with van der Waals surface area (Å²) in [5.41, 5.74) is 0. The maximum Gasteiger partial charge on any atom is 0.326 e. The second kappa shape index (κ2) is 4.57. The Morgan fingerprint density at radius 3 is 2.76 bits per heavy atom. The molecule has 8 nitrogen and oxygen atoms in total. The highest BCUT2D eigenvalue weighted by Crippen LogP contribution is 2.25. The van der Waals surface area contributed by atoms with E-state index in [1.165, 1.54) is 0 Å². The van der Waals surface area contributed by atoms with Crippen molar-refractivity contribution in [3.63, 3.8) is 0 Å². The molecule has 96 valence electrons. The van der Waals surface area contributed by atoms with Crippen molar-refractivity contribution in [2.45, 2.75) is 30.9 Å². The Balaban J connectivity index is 2.18. The summed E-state index contributed by atoms with van der Waals surface area (Å²) in [5, 5.41) is 30.1. The third-order valence-electron chi connectivity index (χ3n) is 2.72. The number of carbonyl (C=O) groups excluding carboxylic acids is 2. The molecule has 3 amide bonds. The van der Waals surface area contributed by atoms with Crippen LogP contribution in [0.5, 0.6) is 0 Å². The molecule has 0 aliphatic carbocycles. The van der Waals surface area contributed by atoms with E-state index in [4.69, 9.17) is 12.6 Å². The number of carbonyl (C=O) groups is 2. The van der Waals surface area contributed by atoms with E-state index in [9.17, 15) is 19.8 Å². The standard InChI is InChI=1S/C9H14N2O6/c12-3-4-6(14)7(15)8(17-4)11-2-1-5(13)10-9(11)16/h4,6-8,12,14-15H,1-3H2,(H,10,13,16)/t4-,6-,7-,8-/m1/s1/i1D2. The van der Waals surface area contributed by atoms with Crippen molar-refractivity contribution in [3.8, 4) is 0 Å². The lowest BCUT2D eigenvalue weighted by Crippen LogP contribution is -2.56.